The van der Waals surface area contributed by atoms with Gasteiger partial charge in [0.25, 0.3) is 0 Å². The summed E-state index contributed by atoms with van der Waals surface area (Å²) >= 11 is 1.63. The third kappa shape index (κ3) is 4.25. The van der Waals surface area contributed by atoms with Crippen molar-refractivity contribution in [2.45, 2.75) is 38.0 Å². The first-order valence-electron chi connectivity index (χ1n) is 7.01. The van der Waals surface area contributed by atoms with Crippen LogP contribution >= 0.6 is 11.9 Å². The number of nitrogens with zero attached hydrogens (tertiary/aromatic N) is 1. The van der Waals surface area contributed by atoms with Crippen molar-refractivity contribution in [3.8, 4) is 0 Å². The molecule has 1 fully saturated rings. The van der Waals surface area contributed by atoms with Gasteiger partial charge >= 0.3 is 0 Å². The number of carbonyl (C=O) groups excluding carboxylic acids is 1. The third-order valence-electron chi connectivity index (χ3n) is 3.43. The van der Waals surface area contributed by atoms with Crippen molar-refractivity contribution in [1.82, 2.24) is 9.62 Å². The summed E-state index contributed by atoms with van der Waals surface area (Å²) in [6.45, 7) is 3.93. The maximum atomic E-state index is 12.3. The predicted octanol–water partition coefficient (Wildman–Crippen LogP) is 2.83. The van der Waals surface area contributed by atoms with Gasteiger partial charge in [0.15, 0.2) is 0 Å². The Balaban J connectivity index is 1.77. The van der Waals surface area contributed by atoms with Gasteiger partial charge in [-0.3, -0.25) is 9.52 Å². The molecule has 1 amide bonds. The number of nitrogens with one attached hydrogen (secondary N) is 1. The molecule has 0 spiro atoms. The summed E-state index contributed by atoms with van der Waals surface area (Å²) in [7, 11) is 0. The van der Waals surface area contributed by atoms with Gasteiger partial charge in [-0.15, -0.1) is 0 Å². The molecule has 19 heavy (non-hydrogen) atoms. The highest BCUT2D eigenvalue weighted by atomic mass is 32.2. The second kappa shape index (κ2) is 7.56. The Morgan fingerprint density at radius 2 is 2.00 bits per heavy atom. The summed E-state index contributed by atoms with van der Waals surface area (Å²) in [6.07, 6.45) is 3.15. The van der Waals surface area contributed by atoms with E-state index in [1.54, 1.807) is 11.9 Å². The Kier molecular flexibility index (Phi) is 5.73. The van der Waals surface area contributed by atoms with Crippen LogP contribution in [0.25, 0.3) is 0 Å². The predicted molar refractivity (Wildman–Crippen MR) is 80.8 cm³/mol. The highest BCUT2D eigenvalue weighted by Crippen LogP contribution is 2.14. The molecule has 1 unspecified atom stereocenters. The lowest BCUT2D eigenvalue weighted by Gasteiger charge is -2.22. The molecule has 0 aromatic heterocycles. The van der Waals surface area contributed by atoms with Crippen LogP contribution < -0.4 is 4.72 Å². The number of carbonyl (C=O) groups is 1. The van der Waals surface area contributed by atoms with Crippen LogP contribution in [0.2, 0.25) is 0 Å². The Morgan fingerprint density at radius 3 is 2.63 bits per heavy atom. The molecule has 1 aromatic carbocycles. The highest BCUT2D eigenvalue weighted by Gasteiger charge is 2.24. The van der Waals surface area contributed by atoms with E-state index in [4.69, 9.17) is 0 Å². The molecule has 4 heteroatoms. The van der Waals surface area contributed by atoms with E-state index in [1.807, 2.05) is 23.1 Å². The zero-order chi connectivity index (χ0) is 13.5. The van der Waals surface area contributed by atoms with Crippen molar-refractivity contribution in [2.24, 2.45) is 0 Å². The van der Waals surface area contributed by atoms with Crippen molar-refractivity contribution in [3.05, 3.63) is 35.9 Å². The molecule has 1 atom stereocenters. The maximum absolute atomic E-state index is 12.3. The summed E-state index contributed by atoms with van der Waals surface area (Å²) in [5, 5.41) is 0. The number of rotatable bonds is 6. The van der Waals surface area contributed by atoms with Crippen LogP contribution in [-0.2, 0) is 10.5 Å². The molecule has 1 N–H and O–H groups in total. The molecule has 1 aliphatic rings. The number of hydrogen-bond donors (Lipinski definition) is 1. The van der Waals surface area contributed by atoms with E-state index in [9.17, 15) is 4.79 Å². The summed E-state index contributed by atoms with van der Waals surface area (Å²) < 4.78 is 3.32. The van der Waals surface area contributed by atoms with Crippen LogP contribution in [0.4, 0.5) is 0 Å². The fourth-order valence-electron chi connectivity index (χ4n) is 2.27. The first-order chi connectivity index (χ1) is 9.31. The molecule has 2 rings (SSSR count). The van der Waals surface area contributed by atoms with Gasteiger partial charge in [-0.25, -0.2) is 0 Å². The van der Waals surface area contributed by atoms with Crippen LogP contribution in [0.15, 0.2) is 30.3 Å². The van der Waals surface area contributed by atoms with Crippen LogP contribution in [-0.4, -0.2) is 29.9 Å². The van der Waals surface area contributed by atoms with E-state index >= 15 is 0 Å². The van der Waals surface area contributed by atoms with Gasteiger partial charge in [-0.2, -0.15) is 0 Å². The Hall–Kier alpha value is -1.00. The molecule has 1 aliphatic heterocycles. The smallest absolute Gasteiger partial charge is 0.240 e. The van der Waals surface area contributed by atoms with Crippen LogP contribution in [0.3, 0.4) is 0 Å². The lowest BCUT2D eigenvalue weighted by Crippen LogP contribution is -2.42. The first-order valence-corrected chi connectivity index (χ1v) is 8.00. The monoisotopic (exact) mass is 278 g/mol. The number of amides is 1. The summed E-state index contributed by atoms with van der Waals surface area (Å²) in [4.78, 5) is 14.3. The third-order valence-corrected chi connectivity index (χ3v) is 4.36. The van der Waals surface area contributed by atoms with Crippen molar-refractivity contribution < 1.29 is 4.79 Å². The van der Waals surface area contributed by atoms with Gasteiger partial charge in [0.05, 0.1) is 6.04 Å². The van der Waals surface area contributed by atoms with Crippen molar-refractivity contribution in [2.75, 3.05) is 13.1 Å². The zero-order valence-electron chi connectivity index (χ0n) is 11.5. The Bertz CT molecular complexity index is 390. The molecule has 0 aliphatic carbocycles. The number of benzene rings is 1. The molecule has 104 valence electrons. The molecule has 0 saturated carbocycles. The van der Waals surface area contributed by atoms with Gasteiger partial charge in [0.2, 0.25) is 5.91 Å². The second-order valence-corrected chi connectivity index (χ2v) is 5.70. The van der Waals surface area contributed by atoms with Crippen LogP contribution in [0, 0.1) is 0 Å². The average molecular weight is 278 g/mol. The normalized spacial score (nSPS) is 16.6. The topological polar surface area (TPSA) is 32.3 Å². The molecule has 0 radical (unpaired) electrons. The largest absolute Gasteiger partial charge is 0.341 e. The van der Waals surface area contributed by atoms with Gasteiger partial charge in [-0.05, 0) is 24.8 Å². The van der Waals surface area contributed by atoms with E-state index in [0.29, 0.717) is 0 Å². The lowest BCUT2D eigenvalue weighted by molar-refractivity contribution is -0.131. The van der Waals surface area contributed by atoms with Gasteiger partial charge in [-0.1, -0.05) is 49.2 Å². The molecule has 1 heterocycles. The molecule has 3 nitrogen and oxygen atoms in total. The quantitative estimate of drug-likeness (QED) is 0.812. The van der Waals surface area contributed by atoms with Crippen molar-refractivity contribution in [3.63, 3.8) is 0 Å². The minimum absolute atomic E-state index is 0.0492. The summed E-state index contributed by atoms with van der Waals surface area (Å²) in [5.41, 5.74) is 1.28. The van der Waals surface area contributed by atoms with E-state index in [1.165, 1.54) is 5.56 Å². The van der Waals surface area contributed by atoms with Crippen LogP contribution in [0.1, 0.15) is 31.7 Å². The minimum atomic E-state index is -0.0492. The average Bonchev–Trinajstić information content (AvgIpc) is 2.98. The van der Waals surface area contributed by atoms with Crippen molar-refractivity contribution in [1.29, 1.82) is 0 Å². The van der Waals surface area contributed by atoms with E-state index in [2.05, 4.69) is 23.8 Å². The number of likely N-dealkylation sites (tertiary alicyclic amines) is 1. The number of hydrogen-bond acceptors (Lipinski definition) is 3. The zero-order valence-corrected chi connectivity index (χ0v) is 12.3. The summed E-state index contributed by atoms with van der Waals surface area (Å²) in [5.74, 6) is 1.16. The van der Waals surface area contributed by atoms with Crippen molar-refractivity contribution >= 4 is 17.9 Å². The van der Waals surface area contributed by atoms with Crippen LogP contribution in [0.5, 0.6) is 0 Å². The molecule has 0 bridgehead atoms. The van der Waals surface area contributed by atoms with Gasteiger partial charge in [0.1, 0.15) is 0 Å². The fourth-order valence-corrected chi connectivity index (χ4v) is 3.18. The second-order valence-electron chi connectivity index (χ2n) is 4.89. The highest BCUT2D eigenvalue weighted by molar-refractivity contribution is 7.96. The minimum Gasteiger partial charge on any atom is -0.341 e. The van der Waals surface area contributed by atoms with E-state index in [-0.39, 0.29) is 11.9 Å². The molecular weight excluding hydrogens is 256 g/mol. The molecular formula is C15H22N2OS. The molecule has 1 aromatic rings. The summed E-state index contributed by atoms with van der Waals surface area (Å²) in [6, 6.07) is 10.3. The SMILES string of the molecule is CCC(NSCc1ccccc1)C(=O)N1CCCC1. The maximum Gasteiger partial charge on any atom is 0.240 e. The fraction of sp³-hybridized carbons (Fsp3) is 0.533. The van der Waals surface area contributed by atoms with E-state index in [0.717, 1.165) is 38.1 Å². The van der Waals surface area contributed by atoms with Gasteiger partial charge < -0.3 is 4.90 Å². The standard InChI is InChI=1S/C15H22N2OS/c1-2-14(15(18)17-10-6-7-11-17)16-19-12-13-8-4-3-5-9-13/h3-5,8-9,14,16H,2,6-7,10-12H2,1H3. The first kappa shape index (κ1) is 14.4. The van der Waals surface area contributed by atoms with Gasteiger partial charge in [0, 0.05) is 18.8 Å². The Labute approximate surface area is 119 Å². The lowest BCUT2D eigenvalue weighted by atomic mass is 10.2. The Morgan fingerprint density at radius 1 is 1.32 bits per heavy atom. The van der Waals surface area contributed by atoms with E-state index < -0.39 is 0 Å². The molecule has 1 saturated heterocycles.